The standard InChI is InChI=1S/C19H28O2/c1-18-6-5-12-11(13(18)8-15-17(18)21-15)4-3-10-7-14-16(20-14)9-19(10,12)2/h10-17H,3-9H2,1-2H3/t10-,11+,12-,13-,14-,15+,16+,17+,18-,19-/m0/s1. The SMILES string of the molecule is C[C@]12C[C@H]3O[C@H]3C[C@@H]1CC[C@@H]1[C@@H]2CC[C@]2(C)[C@@H]3O[C@@H]3C[C@@H]12. The van der Waals surface area contributed by atoms with Gasteiger partial charge in [0.25, 0.3) is 0 Å². The van der Waals surface area contributed by atoms with E-state index in [1.54, 1.807) is 0 Å². The molecule has 0 aromatic heterocycles. The van der Waals surface area contributed by atoms with Crippen molar-refractivity contribution in [2.24, 2.45) is 34.5 Å². The second kappa shape index (κ2) is 3.53. The molecule has 2 heteroatoms. The number of hydrogen-bond donors (Lipinski definition) is 0. The minimum Gasteiger partial charge on any atom is -0.370 e. The Morgan fingerprint density at radius 3 is 2.62 bits per heavy atom. The van der Waals surface area contributed by atoms with Crippen LogP contribution in [-0.4, -0.2) is 24.4 Å². The molecule has 21 heavy (non-hydrogen) atoms. The third kappa shape index (κ3) is 1.39. The quantitative estimate of drug-likeness (QED) is 0.634. The number of fused-ring (bicyclic) bond motifs is 8. The summed E-state index contributed by atoms with van der Waals surface area (Å²) >= 11 is 0. The largest absolute Gasteiger partial charge is 0.370 e. The molecule has 116 valence electrons. The summed E-state index contributed by atoms with van der Waals surface area (Å²) in [6, 6.07) is 0. The Morgan fingerprint density at radius 2 is 1.71 bits per heavy atom. The summed E-state index contributed by atoms with van der Waals surface area (Å²) < 4.78 is 11.9. The predicted octanol–water partition coefficient (Wildman–Crippen LogP) is 3.78. The highest BCUT2D eigenvalue weighted by atomic mass is 16.6. The Kier molecular flexibility index (Phi) is 2.08. The van der Waals surface area contributed by atoms with E-state index in [2.05, 4.69) is 13.8 Å². The van der Waals surface area contributed by atoms with Gasteiger partial charge in [-0.3, -0.25) is 0 Å². The molecule has 10 atom stereocenters. The van der Waals surface area contributed by atoms with Crippen molar-refractivity contribution in [3.05, 3.63) is 0 Å². The van der Waals surface area contributed by atoms with Gasteiger partial charge >= 0.3 is 0 Å². The highest BCUT2D eigenvalue weighted by Gasteiger charge is 2.69. The van der Waals surface area contributed by atoms with Crippen LogP contribution in [0.4, 0.5) is 0 Å². The molecule has 0 spiro atoms. The lowest BCUT2D eigenvalue weighted by Gasteiger charge is -2.59. The molecule has 4 saturated carbocycles. The highest BCUT2D eigenvalue weighted by Crippen LogP contribution is 2.70. The van der Waals surface area contributed by atoms with Crippen LogP contribution in [0.25, 0.3) is 0 Å². The normalized spacial score (nSPS) is 70.0. The second-order valence-electron chi connectivity index (χ2n) is 9.69. The monoisotopic (exact) mass is 288 g/mol. The second-order valence-corrected chi connectivity index (χ2v) is 9.69. The fourth-order valence-corrected chi connectivity index (χ4v) is 7.82. The van der Waals surface area contributed by atoms with Gasteiger partial charge in [-0.25, -0.2) is 0 Å². The van der Waals surface area contributed by atoms with Gasteiger partial charge in [0, 0.05) is 0 Å². The topological polar surface area (TPSA) is 25.1 Å². The molecule has 2 nitrogen and oxygen atoms in total. The van der Waals surface area contributed by atoms with Crippen molar-refractivity contribution < 1.29 is 9.47 Å². The molecule has 0 unspecified atom stereocenters. The minimum absolute atomic E-state index is 0.530. The lowest BCUT2D eigenvalue weighted by molar-refractivity contribution is -0.113. The van der Waals surface area contributed by atoms with Crippen LogP contribution in [0.2, 0.25) is 0 Å². The summed E-state index contributed by atoms with van der Waals surface area (Å²) in [6.07, 6.45) is 12.6. The lowest BCUT2D eigenvalue weighted by atomic mass is 9.45. The summed E-state index contributed by atoms with van der Waals surface area (Å²) in [5, 5.41) is 0. The van der Waals surface area contributed by atoms with E-state index in [9.17, 15) is 0 Å². The van der Waals surface area contributed by atoms with Crippen LogP contribution in [0.1, 0.15) is 58.8 Å². The summed E-state index contributed by atoms with van der Waals surface area (Å²) in [6.45, 7) is 5.20. The summed E-state index contributed by atoms with van der Waals surface area (Å²) in [5.41, 5.74) is 1.12. The molecule has 6 rings (SSSR count). The molecule has 2 heterocycles. The first kappa shape index (κ1) is 12.4. The first-order valence-corrected chi connectivity index (χ1v) is 9.40. The Labute approximate surface area is 128 Å². The van der Waals surface area contributed by atoms with E-state index in [1.807, 2.05) is 0 Å². The Bertz CT molecular complexity index is 504. The zero-order valence-electron chi connectivity index (χ0n) is 13.4. The first-order chi connectivity index (χ1) is 10.1. The van der Waals surface area contributed by atoms with E-state index in [0.29, 0.717) is 35.2 Å². The molecule has 0 N–H and O–H groups in total. The Balaban J connectivity index is 1.36. The van der Waals surface area contributed by atoms with E-state index in [1.165, 1.54) is 44.9 Å². The molecule has 6 fully saturated rings. The van der Waals surface area contributed by atoms with Gasteiger partial charge in [0.1, 0.15) is 0 Å². The number of epoxide rings is 2. The molecule has 4 aliphatic carbocycles. The van der Waals surface area contributed by atoms with Crippen molar-refractivity contribution in [2.45, 2.75) is 83.2 Å². The van der Waals surface area contributed by atoms with Crippen LogP contribution in [0, 0.1) is 34.5 Å². The van der Waals surface area contributed by atoms with E-state index in [4.69, 9.17) is 9.47 Å². The average Bonchev–Trinajstić information content (AvgIpc) is 3.34. The third-order valence-corrected chi connectivity index (χ3v) is 9.07. The summed E-state index contributed by atoms with van der Waals surface area (Å²) in [5.74, 6) is 3.91. The van der Waals surface area contributed by atoms with E-state index >= 15 is 0 Å². The van der Waals surface area contributed by atoms with Crippen LogP contribution in [0.15, 0.2) is 0 Å². The molecule has 0 aromatic carbocycles. The smallest absolute Gasteiger partial charge is 0.0898 e. The highest BCUT2D eigenvalue weighted by molar-refractivity contribution is 5.17. The minimum atomic E-state index is 0.530. The van der Waals surface area contributed by atoms with Gasteiger partial charge in [-0.15, -0.1) is 0 Å². The molecule has 0 aromatic rings. The Hall–Kier alpha value is -0.0800. The third-order valence-electron chi connectivity index (χ3n) is 9.07. The maximum Gasteiger partial charge on any atom is 0.0898 e. The van der Waals surface area contributed by atoms with E-state index in [-0.39, 0.29) is 0 Å². The van der Waals surface area contributed by atoms with E-state index < -0.39 is 0 Å². The number of hydrogen-bond acceptors (Lipinski definition) is 2. The number of ether oxygens (including phenoxy) is 2. The van der Waals surface area contributed by atoms with Crippen molar-refractivity contribution in [3.63, 3.8) is 0 Å². The van der Waals surface area contributed by atoms with Crippen molar-refractivity contribution in [2.75, 3.05) is 0 Å². The van der Waals surface area contributed by atoms with Crippen molar-refractivity contribution in [1.29, 1.82) is 0 Å². The van der Waals surface area contributed by atoms with Gasteiger partial charge < -0.3 is 9.47 Å². The summed E-state index contributed by atoms with van der Waals surface area (Å²) in [4.78, 5) is 0. The lowest BCUT2D eigenvalue weighted by Crippen LogP contribution is -2.53. The molecule has 0 amide bonds. The molecule has 0 radical (unpaired) electrons. The van der Waals surface area contributed by atoms with Crippen molar-refractivity contribution in [3.8, 4) is 0 Å². The maximum atomic E-state index is 5.94. The van der Waals surface area contributed by atoms with Crippen LogP contribution in [0.5, 0.6) is 0 Å². The van der Waals surface area contributed by atoms with Crippen LogP contribution in [0.3, 0.4) is 0 Å². The zero-order valence-corrected chi connectivity index (χ0v) is 13.4. The number of rotatable bonds is 0. The van der Waals surface area contributed by atoms with Gasteiger partial charge in [-0.2, -0.15) is 0 Å². The van der Waals surface area contributed by atoms with Gasteiger partial charge in [-0.1, -0.05) is 13.8 Å². The predicted molar refractivity (Wildman–Crippen MR) is 79.8 cm³/mol. The van der Waals surface area contributed by atoms with Crippen molar-refractivity contribution >= 4 is 0 Å². The van der Waals surface area contributed by atoms with Crippen LogP contribution < -0.4 is 0 Å². The fraction of sp³-hybridized carbons (Fsp3) is 1.00. The molecular weight excluding hydrogens is 260 g/mol. The molecule has 6 aliphatic rings. The zero-order chi connectivity index (χ0) is 14.0. The maximum absolute atomic E-state index is 5.94. The van der Waals surface area contributed by atoms with Crippen LogP contribution in [-0.2, 0) is 9.47 Å². The van der Waals surface area contributed by atoms with Crippen LogP contribution >= 0.6 is 0 Å². The van der Waals surface area contributed by atoms with Gasteiger partial charge in [0.2, 0.25) is 0 Å². The molecule has 2 aliphatic heterocycles. The van der Waals surface area contributed by atoms with Crippen molar-refractivity contribution in [1.82, 2.24) is 0 Å². The summed E-state index contributed by atoms with van der Waals surface area (Å²) in [7, 11) is 0. The average molecular weight is 288 g/mol. The molecule has 2 saturated heterocycles. The van der Waals surface area contributed by atoms with Gasteiger partial charge in [0.05, 0.1) is 24.4 Å². The Morgan fingerprint density at radius 1 is 0.810 bits per heavy atom. The first-order valence-electron chi connectivity index (χ1n) is 9.40. The van der Waals surface area contributed by atoms with E-state index in [0.717, 1.165) is 23.7 Å². The fourth-order valence-electron chi connectivity index (χ4n) is 7.82. The van der Waals surface area contributed by atoms with Gasteiger partial charge in [-0.05, 0) is 79.4 Å². The van der Waals surface area contributed by atoms with Gasteiger partial charge in [0.15, 0.2) is 0 Å². The molecule has 0 bridgehead atoms. The molecular formula is C19H28O2.